The van der Waals surface area contributed by atoms with Gasteiger partial charge in [-0.3, -0.25) is 4.98 Å². The molecule has 2 aromatic heterocycles. The normalized spacial score (nSPS) is 10.4. The lowest BCUT2D eigenvalue weighted by atomic mass is 10.3. The number of hydrogen-bond donors (Lipinski definition) is 0. The summed E-state index contributed by atoms with van der Waals surface area (Å²) in [6, 6.07) is 3.67. The molecule has 2 heterocycles. The fourth-order valence-electron chi connectivity index (χ4n) is 1.04. The molecule has 0 aliphatic carbocycles. The van der Waals surface area contributed by atoms with Gasteiger partial charge in [0, 0.05) is 19.5 Å². The van der Waals surface area contributed by atoms with Crippen molar-refractivity contribution >= 4 is 0 Å². The molecular weight excluding hydrogens is 182 g/mol. The Morgan fingerprint density at radius 3 is 3.07 bits per heavy atom. The Hall–Kier alpha value is -1.75. The quantitative estimate of drug-likeness (QED) is 0.731. The van der Waals surface area contributed by atoms with Gasteiger partial charge in [-0.2, -0.15) is 0 Å². The summed E-state index contributed by atoms with van der Waals surface area (Å²) in [4.78, 5) is 3.96. The smallest absolute Gasteiger partial charge is 0.249 e. The van der Waals surface area contributed by atoms with Crippen molar-refractivity contribution in [2.24, 2.45) is 0 Å². The van der Waals surface area contributed by atoms with Crippen LogP contribution in [0.4, 0.5) is 0 Å². The van der Waals surface area contributed by atoms with E-state index >= 15 is 0 Å². The average Bonchev–Trinajstić information content (AvgIpc) is 2.68. The van der Waals surface area contributed by atoms with Crippen LogP contribution in [0.3, 0.4) is 0 Å². The van der Waals surface area contributed by atoms with Crippen molar-refractivity contribution in [1.82, 2.24) is 15.2 Å². The molecule has 2 aromatic rings. The summed E-state index contributed by atoms with van der Waals surface area (Å²) in [5.41, 5.74) is 0.808. The summed E-state index contributed by atoms with van der Waals surface area (Å²) in [7, 11) is 1.58. The molecule has 5 heteroatoms. The second-order valence-electron chi connectivity index (χ2n) is 2.68. The van der Waals surface area contributed by atoms with Gasteiger partial charge in [-0.1, -0.05) is 0 Å². The zero-order valence-electron chi connectivity index (χ0n) is 7.67. The molecule has 5 nitrogen and oxygen atoms in total. The number of nitrogens with zero attached hydrogens (tertiary/aromatic N) is 3. The zero-order chi connectivity index (χ0) is 9.80. The van der Waals surface area contributed by atoms with E-state index in [0.717, 1.165) is 5.56 Å². The number of ether oxygens (including phenoxy) is 1. The van der Waals surface area contributed by atoms with Crippen LogP contribution in [0.5, 0.6) is 0 Å². The van der Waals surface area contributed by atoms with Crippen LogP contribution < -0.4 is 0 Å². The molecule has 0 bridgehead atoms. The monoisotopic (exact) mass is 191 g/mol. The minimum atomic E-state index is 0.327. The highest BCUT2D eigenvalue weighted by Gasteiger charge is 2.07. The number of hydrogen-bond acceptors (Lipinski definition) is 5. The maximum Gasteiger partial charge on any atom is 0.249 e. The van der Waals surface area contributed by atoms with Gasteiger partial charge in [-0.15, -0.1) is 10.2 Å². The third-order valence-electron chi connectivity index (χ3n) is 1.64. The third-order valence-corrected chi connectivity index (χ3v) is 1.64. The van der Waals surface area contributed by atoms with E-state index in [-0.39, 0.29) is 0 Å². The van der Waals surface area contributed by atoms with Crippen molar-refractivity contribution in [2.75, 3.05) is 7.11 Å². The van der Waals surface area contributed by atoms with E-state index in [1.165, 1.54) is 0 Å². The lowest BCUT2D eigenvalue weighted by molar-refractivity contribution is 0.160. The molecule has 0 radical (unpaired) electrons. The topological polar surface area (TPSA) is 61.0 Å². The Morgan fingerprint density at radius 1 is 1.43 bits per heavy atom. The highest BCUT2D eigenvalue weighted by Crippen LogP contribution is 2.15. The third kappa shape index (κ3) is 1.77. The van der Waals surface area contributed by atoms with E-state index in [9.17, 15) is 0 Å². The van der Waals surface area contributed by atoms with Gasteiger partial charge in [-0.05, 0) is 12.1 Å². The maximum atomic E-state index is 5.32. The number of rotatable bonds is 3. The van der Waals surface area contributed by atoms with Crippen LogP contribution in [-0.4, -0.2) is 22.3 Å². The van der Waals surface area contributed by atoms with Gasteiger partial charge in [0.25, 0.3) is 0 Å². The van der Waals surface area contributed by atoms with Gasteiger partial charge >= 0.3 is 0 Å². The van der Waals surface area contributed by atoms with E-state index in [0.29, 0.717) is 18.4 Å². The first kappa shape index (κ1) is 8.83. The molecule has 0 unspecified atom stereocenters. The molecule has 14 heavy (non-hydrogen) atoms. The summed E-state index contributed by atoms with van der Waals surface area (Å²) in [5, 5.41) is 7.68. The first-order valence-electron chi connectivity index (χ1n) is 4.12. The molecule has 0 N–H and O–H groups in total. The lowest BCUT2D eigenvalue weighted by Gasteiger charge is -1.91. The molecule has 72 valence electrons. The standard InChI is InChI=1S/C9H9N3O2/c1-13-6-8-11-12-9(14-8)7-3-2-4-10-5-7/h2-5H,6H2,1H3. The van der Waals surface area contributed by atoms with Crippen molar-refractivity contribution in [3.63, 3.8) is 0 Å². The summed E-state index contributed by atoms with van der Waals surface area (Å²) in [5.74, 6) is 0.927. The van der Waals surface area contributed by atoms with Crippen molar-refractivity contribution in [1.29, 1.82) is 0 Å². The van der Waals surface area contributed by atoms with Gasteiger partial charge in [0.1, 0.15) is 6.61 Å². The Balaban J connectivity index is 2.25. The van der Waals surface area contributed by atoms with Gasteiger partial charge in [0.2, 0.25) is 11.8 Å². The fourth-order valence-corrected chi connectivity index (χ4v) is 1.04. The molecule has 0 aromatic carbocycles. The van der Waals surface area contributed by atoms with Crippen LogP contribution >= 0.6 is 0 Å². The Labute approximate surface area is 80.8 Å². The molecule has 0 saturated heterocycles. The molecule has 0 fully saturated rings. The van der Waals surface area contributed by atoms with Crippen LogP contribution in [0, 0.1) is 0 Å². The molecule has 0 aliphatic heterocycles. The van der Waals surface area contributed by atoms with Crippen molar-refractivity contribution < 1.29 is 9.15 Å². The average molecular weight is 191 g/mol. The highest BCUT2D eigenvalue weighted by atomic mass is 16.5. The van der Waals surface area contributed by atoms with Gasteiger partial charge in [-0.25, -0.2) is 0 Å². The first-order valence-corrected chi connectivity index (χ1v) is 4.12. The summed E-state index contributed by atoms with van der Waals surface area (Å²) < 4.78 is 10.2. The second kappa shape index (κ2) is 3.97. The van der Waals surface area contributed by atoms with Crippen LogP contribution in [0.15, 0.2) is 28.9 Å². The summed E-state index contributed by atoms with van der Waals surface area (Å²) in [6.07, 6.45) is 3.36. The van der Waals surface area contributed by atoms with E-state index in [2.05, 4.69) is 15.2 Å². The Bertz CT molecular complexity index is 399. The summed E-state index contributed by atoms with van der Waals surface area (Å²) >= 11 is 0. The highest BCUT2D eigenvalue weighted by molar-refractivity contribution is 5.49. The van der Waals surface area contributed by atoms with Crippen LogP contribution in [0.2, 0.25) is 0 Å². The molecular formula is C9H9N3O2. The summed E-state index contributed by atoms with van der Waals surface area (Å²) in [6.45, 7) is 0.327. The second-order valence-corrected chi connectivity index (χ2v) is 2.68. The fraction of sp³-hybridized carbons (Fsp3) is 0.222. The van der Waals surface area contributed by atoms with E-state index in [1.54, 1.807) is 19.5 Å². The van der Waals surface area contributed by atoms with Crippen molar-refractivity contribution in [2.45, 2.75) is 6.61 Å². The van der Waals surface area contributed by atoms with E-state index in [4.69, 9.17) is 9.15 Å². The van der Waals surface area contributed by atoms with Crippen molar-refractivity contribution in [3.8, 4) is 11.5 Å². The molecule has 0 atom stereocenters. The molecule has 0 aliphatic rings. The minimum Gasteiger partial charge on any atom is -0.418 e. The van der Waals surface area contributed by atoms with Crippen LogP contribution in [-0.2, 0) is 11.3 Å². The van der Waals surface area contributed by atoms with E-state index < -0.39 is 0 Å². The number of methoxy groups -OCH3 is 1. The SMILES string of the molecule is COCc1nnc(-c2cccnc2)o1. The number of pyridine rings is 1. The van der Waals surface area contributed by atoms with Gasteiger partial charge in [0.05, 0.1) is 5.56 Å². The largest absolute Gasteiger partial charge is 0.418 e. The predicted octanol–water partition coefficient (Wildman–Crippen LogP) is 1.28. The van der Waals surface area contributed by atoms with Crippen LogP contribution in [0.25, 0.3) is 11.5 Å². The van der Waals surface area contributed by atoms with E-state index in [1.807, 2.05) is 12.1 Å². The number of aromatic nitrogens is 3. The molecule has 0 amide bonds. The first-order chi connectivity index (χ1) is 6.90. The van der Waals surface area contributed by atoms with Crippen LogP contribution in [0.1, 0.15) is 5.89 Å². The van der Waals surface area contributed by atoms with Gasteiger partial charge in [0.15, 0.2) is 0 Å². The molecule has 2 rings (SSSR count). The lowest BCUT2D eigenvalue weighted by Crippen LogP contribution is -1.85. The van der Waals surface area contributed by atoms with Gasteiger partial charge < -0.3 is 9.15 Å². The Kier molecular flexibility index (Phi) is 2.51. The zero-order valence-corrected chi connectivity index (χ0v) is 7.67. The maximum absolute atomic E-state index is 5.32. The Morgan fingerprint density at radius 2 is 2.36 bits per heavy atom. The van der Waals surface area contributed by atoms with Crippen molar-refractivity contribution in [3.05, 3.63) is 30.4 Å². The molecule has 0 spiro atoms. The predicted molar refractivity (Wildman–Crippen MR) is 48.2 cm³/mol. The minimum absolute atomic E-state index is 0.327. The molecule has 0 saturated carbocycles.